The van der Waals surface area contributed by atoms with Crippen LogP contribution in [0.25, 0.3) is 0 Å². The SMILES string of the molecule is COC(=O)CC[C@@H](NC(=O)C(C)n1cccn1)C(=O)O. The molecule has 0 aliphatic heterocycles. The first-order chi connectivity index (χ1) is 9.45. The monoisotopic (exact) mass is 283 g/mol. The lowest BCUT2D eigenvalue weighted by molar-refractivity contribution is -0.144. The molecule has 110 valence electrons. The summed E-state index contributed by atoms with van der Waals surface area (Å²) in [6.07, 6.45) is 3.02. The second kappa shape index (κ2) is 7.27. The first kappa shape index (κ1) is 15.7. The summed E-state index contributed by atoms with van der Waals surface area (Å²) < 4.78 is 5.84. The molecule has 0 saturated carbocycles. The third kappa shape index (κ3) is 4.38. The van der Waals surface area contributed by atoms with Crippen molar-refractivity contribution >= 4 is 17.8 Å². The molecule has 1 unspecified atom stereocenters. The Morgan fingerprint density at radius 2 is 2.15 bits per heavy atom. The molecule has 0 aromatic carbocycles. The summed E-state index contributed by atoms with van der Waals surface area (Å²) in [5.41, 5.74) is 0. The molecule has 0 saturated heterocycles. The number of hydrogen-bond acceptors (Lipinski definition) is 5. The maximum atomic E-state index is 11.9. The van der Waals surface area contributed by atoms with E-state index >= 15 is 0 Å². The van der Waals surface area contributed by atoms with Gasteiger partial charge < -0.3 is 15.2 Å². The zero-order chi connectivity index (χ0) is 15.1. The van der Waals surface area contributed by atoms with E-state index < -0.39 is 29.9 Å². The van der Waals surface area contributed by atoms with E-state index in [-0.39, 0.29) is 12.8 Å². The van der Waals surface area contributed by atoms with Crippen LogP contribution >= 0.6 is 0 Å². The number of nitrogens with zero attached hydrogens (tertiary/aromatic N) is 2. The Hall–Kier alpha value is -2.38. The van der Waals surface area contributed by atoms with Gasteiger partial charge in [-0.25, -0.2) is 4.79 Å². The van der Waals surface area contributed by atoms with Gasteiger partial charge in [-0.3, -0.25) is 14.3 Å². The third-order valence-electron chi connectivity index (χ3n) is 2.78. The molecule has 20 heavy (non-hydrogen) atoms. The van der Waals surface area contributed by atoms with Gasteiger partial charge >= 0.3 is 11.9 Å². The van der Waals surface area contributed by atoms with Gasteiger partial charge in [0, 0.05) is 18.8 Å². The zero-order valence-corrected chi connectivity index (χ0v) is 11.3. The molecule has 0 spiro atoms. The van der Waals surface area contributed by atoms with Crippen molar-refractivity contribution in [3.63, 3.8) is 0 Å². The number of nitrogens with one attached hydrogen (secondary N) is 1. The maximum absolute atomic E-state index is 11.9. The van der Waals surface area contributed by atoms with Crippen molar-refractivity contribution in [3.05, 3.63) is 18.5 Å². The van der Waals surface area contributed by atoms with Crippen molar-refractivity contribution in [1.82, 2.24) is 15.1 Å². The predicted octanol–water partition coefficient (Wildman–Crippen LogP) is -0.0333. The van der Waals surface area contributed by atoms with Crippen LogP contribution in [0.3, 0.4) is 0 Å². The van der Waals surface area contributed by atoms with Gasteiger partial charge in [0.25, 0.3) is 0 Å². The molecule has 1 aromatic heterocycles. The molecule has 0 aliphatic rings. The lowest BCUT2D eigenvalue weighted by Gasteiger charge is -2.17. The van der Waals surface area contributed by atoms with Crippen LogP contribution in [0.5, 0.6) is 0 Å². The Balaban J connectivity index is 2.59. The van der Waals surface area contributed by atoms with Gasteiger partial charge in [-0.1, -0.05) is 0 Å². The molecule has 0 fully saturated rings. The molecule has 0 radical (unpaired) electrons. The van der Waals surface area contributed by atoms with Crippen LogP contribution in [0.2, 0.25) is 0 Å². The highest BCUT2D eigenvalue weighted by Gasteiger charge is 2.24. The minimum Gasteiger partial charge on any atom is -0.480 e. The highest BCUT2D eigenvalue weighted by atomic mass is 16.5. The standard InChI is InChI=1S/C12H17N3O5/c1-8(15-7-3-6-13-15)11(17)14-9(12(18)19)4-5-10(16)20-2/h3,6-9H,4-5H2,1-2H3,(H,14,17)(H,18,19)/t8?,9-/m1/s1. The van der Waals surface area contributed by atoms with Crippen molar-refractivity contribution < 1.29 is 24.2 Å². The molecule has 2 atom stereocenters. The second-order valence-electron chi connectivity index (χ2n) is 4.18. The van der Waals surface area contributed by atoms with Crippen molar-refractivity contribution in [2.45, 2.75) is 31.8 Å². The van der Waals surface area contributed by atoms with Crippen LogP contribution in [0.4, 0.5) is 0 Å². The number of aliphatic carboxylic acids is 1. The summed E-state index contributed by atoms with van der Waals surface area (Å²) in [4.78, 5) is 34.0. The topological polar surface area (TPSA) is 111 Å². The lowest BCUT2D eigenvalue weighted by Crippen LogP contribution is -2.44. The summed E-state index contributed by atoms with van der Waals surface area (Å²) in [5.74, 6) is -2.20. The van der Waals surface area contributed by atoms with Crippen LogP contribution in [0, 0.1) is 0 Å². The summed E-state index contributed by atoms with van der Waals surface area (Å²) in [6, 6.07) is -0.111. The highest BCUT2D eigenvalue weighted by molar-refractivity contribution is 5.86. The number of carboxylic acids is 1. The molecule has 0 bridgehead atoms. The largest absolute Gasteiger partial charge is 0.480 e. The van der Waals surface area contributed by atoms with E-state index in [2.05, 4.69) is 15.2 Å². The number of hydrogen-bond donors (Lipinski definition) is 2. The van der Waals surface area contributed by atoms with Crippen LogP contribution in [-0.4, -0.2) is 45.9 Å². The molecule has 1 amide bonds. The number of ether oxygens (including phenoxy) is 1. The average molecular weight is 283 g/mol. The van der Waals surface area contributed by atoms with Gasteiger partial charge in [-0.2, -0.15) is 5.10 Å². The van der Waals surface area contributed by atoms with Crippen LogP contribution in [-0.2, 0) is 19.1 Å². The Bertz CT molecular complexity index is 471. The quantitative estimate of drug-likeness (QED) is 0.680. The second-order valence-corrected chi connectivity index (χ2v) is 4.18. The number of esters is 1. The van der Waals surface area contributed by atoms with Gasteiger partial charge in [-0.15, -0.1) is 0 Å². The molecular weight excluding hydrogens is 266 g/mol. The average Bonchev–Trinajstić information content (AvgIpc) is 2.95. The van der Waals surface area contributed by atoms with Crippen molar-refractivity contribution in [1.29, 1.82) is 0 Å². The highest BCUT2D eigenvalue weighted by Crippen LogP contribution is 2.06. The van der Waals surface area contributed by atoms with E-state index in [1.165, 1.54) is 18.0 Å². The number of amides is 1. The Morgan fingerprint density at radius 3 is 2.65 bits per heavy atom. The Labute approximate surface area is 115 Å². The molecule has 8 heteroatoms. The predicted molar refractivity (Wildman–Crippen MR) is 67.8 cm³/mol. The summed E-state index contributed by atoms with van der Waals surface area (Å²) in [7, 11) is 1.22. The number of rotatable bonds is 7. The minimum absolute atomic E-state index is 0.0282. The van der Waals surface area contributed by atoms with E-state index in [0.29, 0.717) is 0 Å². The van der Waals surface area contributed by atoms with Gasteiger partial charge in [0.15, 0.2) is 0 Å². The molecule has 8 nitrogen and oxygen atoms in total. The smallest absolute Gasteiger partial charge is 0.326 e. The van der Waals surface area contributed by atoms with E-state index in [1.54, 1.807) is 19.2 Å². The van der Waals surface area contributed by atoms with Crippen molar-refractivity contribution in [2.75, 3.05) is 7.11 Å². The fourth-order valence-electron chi connectivity index (χ4n) is 1.54. The van der Waals surface area contributed by atoms with Crippen molar-refractivity contribution in [3.8, 4) is 0 Å². The lowest BCUT2D eigenvalue weighted by atomic mass is 10.1. The fourth-order valence-corrected chi connectivity index (χ4v) is 1.54. The fraction of sp³-hybridized carbons (Fsp3) is 0.500. The van der Waals surface area contributed by atoms with Crippen LogP contribution in [0.1, 0.15) is 25.8 Å². The summed E-state index contributed by atoms with van der Waals surface area (Å²) in [6.45, 7) is 1.60. The first-order valence-corrected chi connectivity index (χ1v) is 6.04. The van der Waals surface area contributed by atoms with Crippen LogP contribution < -0.4 is 5.32 Å². The Kier molecular flexibility index (Phi) is 5.70. The van der Waals surface area contributed by atoms with E-state index in [4.69, 9.17) is 5.11 Å². The van der Waals surface area contributed by atoms with Gasteiger partial charge in [-0.05, 0) is 19.4 Å². The van der Waals surface area contributed by atoms with E-state index in [1.807, 2.05) is 0 Å². The molecule has 1 rings (SSSR count). The zero-order valence-electron chi connectivity index (χ0n) is 11.3. The number of aromatic nitrogens is 2. The maximum Gasteiger partial charge on any atom is 0.326 e. The van der Waals surface area contributed by atoms with E-state index in [9.17, 15) is 14.4 Å². The number of carbonyl (C=O) groups excluding carboxylic acids is 2. The summed E-state index contributed by atoms with van der Waals surface area (Å²) in [5, 5.41) is 15.3. The number of methoxy groups -OCH3 is 1. The van der Waals surface area contributed by atoms with Gasteiger partial charge in [0.2, 0.25) is 5.91 Å². The minimum atomic E-state index is -1.20. The van der Waals surface area contributed by atoms with Gasteiger partial charge in [0.05, 0.1) is 7.11 Å². The molecule has 1 heterocycles. The first-order valence-electron chi connectivity index (χ1n) is 6.04. The third-order valence-corrected chi connectivity index (χ3v) is 2.78. The molecule has 0 aliphatic carbocycles. The number of carbonyl (C=O) groups is 3. The number of carboxylic acid groups (broad SMARTS) is 1. The van der Waals surface area contributed by atoms with Crippen molar-refractivity contribution in [2.24, 2.45) is 0 Å². The molecular formula is C12H17N3O5. The normalized spacial score (nSPS) is 13.3. The molecule has 1 aromatic rings. The van der Waals surface area contributed by atoms with E-state index in [0.717, 1.165) is 0 Å². The van der Waals surface area contributed by atoms with Crippen LogP contribution in [0.15, 0.2) is 18.5 Å². The van der Waals surface area contributed by atoms with Gasteiger partial charge in [0.1, 0.15) is 12.1 Å². The Morgan fingerprint density at radius 1 is 1.45 bits per heavy atom. The summed E-state index contributed by atoms with van der Waals surface area (Å²) >= 11 is 0. The molecule has 2 N–H and O–H groups in total.